The number of halogens is 1. The molecule has 0 saturated heterocycles. The molecule has 1 aliphatic heterocycles. The van der Waals surface area contributed by atoms with Crippen molar-refractivity contribution in [2.75, 3.05) is 6.54 Å². The summed E-state index contributed by atoms with van der Waals surface area (Å²) in [5, 5.41) is 0.932. The van der Waals surface area contributed by atoms with Crippen LogP contribution in [0.25, 0.3) is 10.6 Å². The third kappa shape index (κ3) is 3.20. The van der Waals surface area contributed by atoms with Crippen molar-refractivity contribution in [2.24, 2.45) is 0 Å². The molecule has 0 unspecified atom stereocenters. The van der Waals surface area contributed by atoms with Gasteiger partial charge in [-0.15, -0.1) is 11.3 Å². The molecular formula is C18H17FN4S. The number of aromatic nitrogens is 3. The average Bonchev–Trinajstić information content (AvgIpc) is 3.04. The van der Waals surface area contributed by atoms with Gasteiger partial charge in [0.05, 0.1) is 0 Å². The van der Waals surface area contributed by atoms with Crippen LogP contribution in [-0.2, 0) is 19.5 Å². The Kier molecular flexibility index (Phi) is 4.08. The first kappa shape index (κ1) is 15.4. The molecule has 4 nitrogen and oxygen atoms in total. The van der Waals surface area contributed by atoms with Gasteiger partial charge >= 0.3 is 0 Å². The van der Waals surface area contributed by atoms with Gasteiger partial charge in [0.25, 0.3) is 0 Å². The van der Waals surface area contributed by atoms with Crippen LogP contribution in [0.4, 0.5) is 4.39 Å². The zero-order chi connectivity index (χ0) is 16.5. The van der Waals surface area contributed by atoms with Crippen molar-refractivity contribution < 1.29 is 4.39 Å². The van der Waals surface area contributed by atoms with Crippen LogP contribution in [0.2, 0.25) is 0 Å². The number of nitrogens with zero attached hydrogens (tertiary/aromatic N) is 4. The van der Waals surface area contributed by atoms with E-state index in [9.17, 15) is 4.39 Å². The van der Waals surface area contributed by atoms with E-state index in [1.54, 1.807) is 23.5 Å². The lowest BCUT2D eigenvalue weighted by atomic mass is 10.1. The van der Waals surface area contributed by atoms with Gasteiger partial charge in [0.15, 0.2) is 0 Å². The fraction of sp³-hybridized carbons (Fsp3) is 0.278. The van der Waals surface area contributed by atoms with Gasteiger partial charge in [-0.3, -0.25) is 4.90 Å². The molecule has 122 valence electrons. The predicted octanol–water partition coefficient (Wildman–Crippen LogP) is 3.61. The Hall–Kier alpha value is -2.18. The molecule has 0 spiro atoms. The molecule has 1 aromatic carbocycles. The molecule has 2 aromatic heterocycles. The smallest absolute Gasteiger partial charge is 0.125 e. The van der Waals surface area contributed by atoms with Crippen LogP contribution in [0.15, 0.2) is 36.7 Å². The molecule has 0 amide bonds. The SMILES string of the molecule is Cc1ncc2c(n1)CCN(Cc1cnc(-c3ccc(F)cc3)s1)C2. The van der Waals surface area contributed by atoms with E-state index in [0.717, 1.165) is 42.5 Å². The van der Waals surface area contributed by atoms with Crippen LogP contribution in [0.5, 0.6) is 0 Å². The summed E-state index contributed by atoms with van der Waals surface area (Å²) < 4.78 is 13.0. The second-order valence-electron chi connectivity index (χ2n) is 5.99. The van der Waals surface area contributed by atoms with E-state index in [2.05, 4.69) is 19.9 Å². The van der Waals surface area contributed by atoms with Crippen LogP contribution in [0, 0.1) is 12.7 Å². The van der Waals surface area contributed by atoms with Crippen LogP contribution < -0.4 is 0 Å². The van der Waals surface area contributed by atoms with E-state index in [1.807, 2.05) is 19.3 Å². The van der Waals surface area contributed by atoms with Crippen LogP contribution in [0.1, 0.15) is 22.0 Å². The highest BCUT2D eigenvalue weighted by molar-refractivity contribution is 7.15. The summed E-state index contributed by atoms with van der Waals surface area (Å²) in [4.78, 5) is 16.9. The molecule has 0 saturated carbocycles. The average molecular weight is 340 g/mol. The van der Waals surface area contributed by atoms with E-state index in [-0.39, 0.29) is 5.82 Å². The highest BCUT2D eigenvalue weighted by Gasteiger charge is 2.19. The summed E-state index contributed by atoms with van der Waals surface area (Å²) in [6.07, 6.45) is 4.83. The molecule has 0 aliphatic carbocycles. The normalized spacial score (nSPS) is 14.6. The third-order valence-electron chi connectivity index (χ3n) is 4.16. The zero-order valence-corrected chi connectivity index (χ0v) is 14.2. The van der Waals surface area contributed by atoms with E-state index in [0.29, 0.717) is 0 Å². The van der Waals surface area contributed by atoms with Crippen LogP contribution >= 0.6 is 11.3 Å². The number of rotatable bonds is 3. The molecule has 0 N–H and O–H groups in total. The van der Waals surface area contributed by atoms with Gasteiger partial charge in [-0.25, -0.2) is 19.3 Å². The Morgan fingerprint density at radius 3 is 2.83 bits per heavy atom. The Morgan fingerprint density at radius 2 is 2.00 bits per heavy atom. The molecule has 24 heavy (non-hydrogen) atoms. The lowest BCUT2D eigenvalue weighted by Gasteiger charge is -2.27. The van der Waals surface area contributed by atoms with Gasteiger partial charge in [0.1, 0.15) is 16.6 Å². The molecule has 0 atom stereocenters. The van der Waals surface area contributed by atoms with Gasteiger partial charge < -0.3 is 0 Å². The first-order valence-electron chi connectivity index (χ1n) is 7.92. The maximum Gasteiger partial charge on any atom is 0.125 e. The molecule has 0 radical (unpaired) electrons. The highest BCUT2D eigenvalue weighted by Crippen LogP contribution is 2.27. The molecule has 3 heterocycles. The number of thiazole rings is 1. The minimum Gasteiger partial charge on any atom is -0.293 e. The summed E-state index contributed by atoms with van der Waals surface area (Å²) in [5.41, 5.74) is 3.35. The number of aryl methyl sites for hydroxylation is 1. The molecule has 6 heteroatoms. The first-order valence-corrected chi connectivity index (χ1v) is 8.73. The van der Waals surface area contributed by atoms with E-state index in [1.165, 1.54) is 28.3 Å². The number of fused-ring (bicyclic) bond motifs is 1. The molecule has 0 fully saturated rings. The molecule has 1 aliphatic rings. The van der Waals surface area contributed by atoms with E-state index in [4.69, 9.17) is 0 Å². The predicted molar refractivity (Wildman–Crippen MR) is 92.1 cm³/mol. The standard InChI is InChI=1S/C18H17FN4S/c1-12-20-8-14-10-23(7-6-17(14)22-12)11-16-9-21-18(24-16)13-2-4-15(19)5-3-13/h2-5,8-9H,6-7,10-11H2,1H3. The first-order chi connectivity index (χ1) is 11.7. The lowest BCUT2D eigenvalue weighted by molar-refractivity contribution is 0.244. The maximum atomic E-state index is 13.0. The van der Waals surface area contributed by atoms with Crippen molar-refractivity contribution in [2.45, 2.75) is 26.4 Å². The van der Waals surface area contributed by atoms with Gasteiger partial charge in [-0.05, 0) is 31.2 Å². The van der Waals surface area contributed by atoms with Crippen LogP contribution in [0.3, 0.4) is 0 Å². The number of hydrogen-bond donors (Lipinski definition) is 0. The van der Waals surface area contributed by atoms with Gasteiger partial charge in [-0.1, -0.05) is 0 Å². The largest absolute Gasteiger partial charge is 0.293 e. The third-order valence-corrected chi connectivity index (χ3v) is 5.19. The van der Waals surface area contributed by atoms with Crippen molar-refractivity contribution in [3.05, 3.63) is 64.4 Å². The van der Waals surface area contributed by atoms with Gasteiger partial charge in [-0.2, -0.15) is 0 Å². The van der Waals surface area contributed by atoms with Crippen LogP contribution in [-0.4, -0.2) is 26.4 Å². The maximum absolute atomic E-state index is 13.0. The van der Waals surface area contributed by atoms with Crippen molar-refractivity contribution in [1.82, 2.24) is 19.9 Å². The Morgan fingerprint density at radius 1 is 1.17 bits per heavy atom. The fourth-order valence-corrected chi connectivity index (χ4v) is 3.90. The minimum absolute atomic E-state index is 0.222. The molecule has 4 rings (SSSR count). The lowest BCUT2D eigenvalue weighted by Crippen LogP contribution is -2.30. The molecule has 3 aromatic rings. The Labute approximate surface area is 144 Å². The second kappa shape index (κ2) is 6.37. The van der Waals surface area contributed by atoms with E-state index < -0.39 is 0 Å². The summed E-state index contributed by atoms with van der Waals surface area (Å²) in [6, 6.07) is 6.49. The molecule has 0 bridgehead atoms. The fourth-order valence-electron chi connectivity index (χ4n) is 2.94. The molecular weight excluding hydrogens is 323 g/mol. The van der Waals surface area contributed by atoms with E-state index >= 15 is 0 Å². The quantitative estimate of drug-likeness (QED) is 0.730. The summed E-state index contributed by atoms with van der Waals surface area (Å²) in [5.74, 6) is 0.619. The topological polar surface area (TPSA) is 41.9 Å². The number of benzene rings is 1. The van der Waals surface area contributed by atoms with Crippen molar-refractivity contribution >= 4 is 11.3 Å². The summed E-state index contributed by atoms with van der Waals surface area (Å²) in [6.45, 7) is 4.67. The minimum atomic E-state index is -0.222. The Bertz CT molecular complexity index is 860. The van der Waals surface area contributed by atoms with Gasteiger partial charge in [0, 0.05) is 60.1 Å². The second-order valence-corrected chi connectivity index (χ2v) is 7.10. The summed E-state index contributed by atoms with van der Waals surface area (Å²) >= 11 is 1.66. The summed E-state index contributed by atoms with van der Waals surface area (Å²) in [7, 11) is 0. The highest BCUT2D eigenvalue weighted by atomic mass is 32.1. The van der Waals surface area contributed by atoms with Crippen molar-refractivity contribution in [3.63, 3.8) is 0 Å². The van der Waals surface area contributed by atoms with Crippen molar-refractivity contribution in [1.29, 1.82) is 0 Å². The van der Waals surface area contributed by atoms with Crippen molar-refractivity contribution in [3.8, 4) is 10.6 Å². The Balaban J connectivity index is 1.47. The monoisotopic (exact) mass is 340 g/mol. The number of hydrogen-bond acceptors (Lipinski definition) is 5. The van der Waals surface area contributed by atoms with Gasteiger partial charge in [0.2, 0.25) is 0 Å². The zero-order valence-electron chi connectivity index (χ0n) is 13.4.